The van der Waals surface area contributed by atoms with E-state index >= 15 is 0 Å². The van der Waals surface area contributed by atoms with Crippen LogP contribution in [0.3, 0.4) is 0 Å². The van der Waals surface area contributed by atoms with Crippen LogP contribution in [-0.4, -0.2) is 41.2 Å². The molecule has 0 fully saturated rings. The molecular weight excluding hydrogens is 312 g/mol. The summed E-state index contributed by atoms with van der Waals surface area (Å²) in [4.78, 5) is 28.9. The Kier molecular flexibility index (Phi) is 6.63. The van der Waals surface area contributed by atoms with Crippen LogP contribution in [0.2, 0.25) is 0 Å². The van der Waals surface area contributed by atoms with E-state index in [4.69, 9.17) is 0 Å². The van der Waals surface area contributed by atoms with Gasteiger partial charge < -0.3 is 9.80 Å². The van der Waals surface area contributed by atoms with Crippen LogP contribution >= 0.6 is 0 Å². The van der Waals surface area contributed by atoms with Crippen molar-refractivity contribution in [3.8, 4) is 0 Å². The van der Waals surface area contributed by atoms with Crippen LogP contribution in [0.1, 0.15) is 58.1 Å². The van der Waals surface area contributed by atoms with Crippen LogP contribution in [0.25, 0.3) is 0 Å². The summed E-state index contributed by atoms with van der Waals surface area (Å²) >= 11 is 0. The highest BCUT2D eigenvalue weighted by molar-refractivity contribution is 5.79. The molecular formula is C21H32N2O2. The topological polar surface area (TPSA) is 40.6 Å². The number of carbonyl (C=O) groups excluding carboxylic acids is 2. The van der Waals surface area contributed by atoms with E-state index in [0.717, 1.165) is 25.9 Å². The third-order valence-corrected chi connectivity index (χ3v) is 4.61. The van der Waals surface area contributed by atoms with Crippen molar-refractivity contribution in [2.75, 3.05) is 19.6 Å². The maximum absolute atomic E-state index is 12.6. The molecule has 0 N–H and O–H groups in total. The van der Waals surface area contributed by atoms with Gasteiger partial charge in [0.1, 0.15) is 0 Å². The molecule has 1 aliphatic heterocycles. The molecule has 0 aliphatic carbocycles. The Morgan fingerprint density at radius 3 is 2.44 bits per heavy atom. The van der Waals surface area contributed by atoms with Gasteiger partial charge in [0.05, 0.1) is 0 Å². The summed E-state index contributed by atoms with van der Waals surface area (Å²) in [7, 11) is 0. The Balaban J connectivity index is 1.90. The molecule has 4 heteroatoms. The minimum absolute atomic E-state index is 0.0241. The Morgan fingerprint density at radius 1 is 1.12 bits per heavy atom. The normalized spacial score (nSPS) is 14.2. The van der Waals surface area contributed by atoms with Crippen molar-refractivity contribution in [2.24, 2.45) is 5.41 Å². The van der Waals surface area contributed by atoms with E-state index in [2.05, 4.69) is 45.9 Å². The Labute approximate surface area is 152 Å². The first-order chi connectivity index (χ1) is 11.8. The number of nitrogens with zero attached hydrogens (tertiary/aromatic N) is 2. The van der Waals surface area contributed by atoms with E-state index < -0.39 is 0 Å². The standard InChI is InChI=1S/C21H32N2O2/c1-5-12-22(20(25)15-21(2,3)4)14-11-19(24)23-13-10-17-8-6-7-9-18(17)16-23/h6-9H,5,10-16H2,1-4H3. The van der Waals surface area contributed by atoms with Gasteiger partial charge >= 0.3 is 0 Å². The largest absolute Gasteiger partial charge is 0.342 e. The minimum atomic E-state index is -0.0241. The van der Waals surface area contributed by atoms with Gasteiger partial charge in [0.15, 0.2) is 0 Å². The molecule has 4 nitrogen and oxygen atoms in total. The first-order valence-corrected chi connectivity index (χ1v) is 9.42. The number of rotatable bonds is 6. The summed E-state index contributed by atoms with van der Waals surface area (Å²) in [6.45, 7) is 11.0. The number of hydrogen-bond donors (Lipinski definition) is 0. The number of hydrogen-bond acceptors (Lipinski definition) is 2. The van der Waals surface area contributed by atoms with Crippen molar-refractivity contribution in [2.45, 2.75) is 59.9 Å². The SMILES string of the molecule is CCCN(CCC(=O)N1CCc2ccccc2C1)C(=O)CC(C)(C)C. The van der Waals surface area contributed by atoms with Crippen LogP contribution in [0, 0.1) is 5.41 Å². The van der Waals surface area contributed by atoms with Gasteiger partial charge in [-0.15, -0.1) is 0 Å². The Bertz CT molecular complexity index is 604. The lowest BCUT2D eigenvalue weighted by Crippen LogP contribution is -2.40. The van der Waals surface area contributed by atoms with Gasteiger partial charge in [0.2, 0.25) is 11.8 Å². The molecule has 0 atom stereocenters. The quantitative estimate of drug-likeness (QED) is 0.790. The van der Waals surface area contributed by atoms with Gasteiger partial charge in [-0.25, -0.2) is 0 Å². The highest BCUT2D eigenvalue weighted by atomic mass is 16.2. The van der Waals surface area contributed by atoms with E-state index in [0.29, 0.717) is 25.9 Å². The lowest BCUT2D eigenvalue weighted by molar-refractivity contribution is -0.136. The zero-order valence-corrected chi connectivity index (χ0v) is 16.2. The smallest absolute Gasteiger partial charge is 0.224 e. The first-order valence-electron chi connectivity index (χ1n) is 9.42. The second kappa shape index (κ2) is 8.50. The minimum Gasteiger partial charge on any atom is -0.342 e. The fraction of sp³-hybridized carbons (Fsp3) is 0.619. The highest BCUT2D eigenvalue weighted by Gasteiger charge is 2.24. The fourth-order valence-electron chi connectivity index (χ4n) is 3.29. The maximum atomic E-state index is 12.6. The molecule has 0 radical (unpaired) electrons. The third kappa shape index (κ3) is 5.87. The van der Waals surface area contributed by atoms with Gasteiger partial charge in [-0.05, 0) is 29.4 Å². The first kappa shape index (κ1) is 19.5. The van der Waals surface area contributed by atoms with Crippen LogP contribution in [0.15, 0.2) is 24.3 Å². The molecule has 0 spiro atoms. The number of benzene rings is 1. The van der Waals surface area contributed by atoms with Crippen molar-refractivity contribution in [1.29, 1.82) is 0 Å². The number of amides is 2. The second-order valence-electron chi connectivity index (χ2n) is 8.20. The Morgan fingerprint density at radius 2 is 1.80 bits per heavy atom. The molecule has 25 heavy (non-hydrogen) atoms. The molecule has 0 saturated carbocycles. The molecule has 0 unspecified atom stereocenters. The summed E-state index contributed by atoms with van der Waals surface area (Å²) < 4.78 is 0. The average molecular weight is 344 g/mol. The summed E-state index contributed by atoms with van der Waals surface area (Å²) in [5.41, 5.74) is 2.57. The van der Waals surface area contributed by atoms with E-state index in [9.17, 15) is 9.59 Å². The molecule has 0 aromatic heterocycles. The lowest BCUT2D eigenvalue weighted by atomic mass is 9.91. The maximum Gasteiger partial charge on any atom is 0.224 e. The third-order valence-electron chi connectivity index (χ3n) is 4.61. The predicted molar refractivity (Wildman–Crippen MR) is 101 cm³/mol. The van der Waals surface area contributed by atoms with E-state index in [1.807, 2.05) is 15.9 Å². The van der Waals surface area contributed by atoms with E-state index in [1.54, 1.807) is 0 Å². The van der Waals surface area contributed by atoms with Crippen molar-refractivity contribution in [3.05, 3.63) is 35.4 Å². The number of carbonyl (C=O) groups is 2. The summed E-state index contributed by atoms with van der Waals surface area (Å²) in [6.07, 6.45) is 2.78. The fourth-order valence-corrected chi connectivity index (χ4v) is 3.29. The van der Waals surface area contributed by atoms with Gasteiger partial charge in [-0.1, -0.05) is 52.0 Å². The van der Waals surface area contributed by atoms with Gasteiger partial charge in [-0.3, -0.25) is 9.59 Å². The van der Waals surface area contributed by atoms with Crippen LogP contribution < -0.4 is 0 Å². The molecule has 1 aromatic carbocycles. The van der Waals surface area contributed by atoms with E-state index in [-0.39, 0.29) is 17.2 Å². The summed E-state index contributed by atoms with van der Waals surface area (Å²) in [5, 5.41) is 0. The zero-order chi connectivity index (χ0) is 18.4. The van der Waals surface area contributed by atoms with Crippen molar-refractivity contribution < 1.29 is 9.59 Å². The second-order valence-corrected chi connectivity index (χ2v) is 8.20. The molecule has 2 rings (SSSR count). The molecule has 0 bridgehead atoms. The van der Waals surface area contributed by atoms with Crippen molar-refractivity contribution >= 4 is 11.8 Å². The molecule has 1 aromatic rings. The van der Waals surface area contributed by atoms with Gasteiger partial charge in [0, 0.05) is 39.0 Å². The predicted octanol–water partition coefficient (Wildman–Crippen LogP) is 3.64. The van der Waals surface area contributed by atoms with Gasteiger partial charge in [-0.2, -0.15) is 0 Å². The van der Waals surface area contributed by atoms with Crippen molar-refractivity contribution in [1.82, 2.24) is 9.80 Å². The summed E-state index contributed by atoms with van der Waals surface area (Å²) in [5.74, 6) is 0.310. The van der Waals surface area contributed by atoms with Crippen LogP contribution in [-0.2, 0) is 22.6 Å². The van der Waals surface area contributed by atoms with Gasteiger partial charge in [0.25, 0.3) is 0 Å². The molecule has 2 amide bonds. The molecule has 1 aliphatic rings. The Hall–Kier alpha value is -1.84. The van der Waals surface area contributed by atoms with Crippen molar-refractivity contribution in [3.63, 3.8) is 0 Å². The lowest BCUT2D eigenvalue weighted by Gasteiger charge is -2.30. The molecule has 138 valence electrons. The molecule has 1 heterocycles. The molecule has 0 saturated heterocycles. The average Bonchev–Trinajstić information content (AvgIpc) is 2.56. The zero-order valence-electron chi connectivity index (χ0n) is 16.2. The van der Waals surface area contributed by atoms with Crippen LogP contribution in [0.5, 0.6) is 0 Å². The van der Waals surface area contributed by atoms with Crippen LogP contribution in [0.4, 0.5) is 0 Å². The highest BCUT2D eigenvalue weighted by Crippen LogP contribution is 2.21. The van der Waals surface area contributed by atoms with E-state index in [1.165, 1.54) is 11.1 Å². The summed E-state index contributed by atoms with van der Waals surface area (Å²) in [6, 6.07) is 8.33. The number of fused-ring (bicyclic) bond motifs is 1. The monoisotopic (exact) mass is 344 g/mol.